The molecule has 0 spiro atoms. The summed E-state index contributed by atoms with van der Waals surface area (Å²) in [5.41, 5.74) is 0.981. The van der Waals surface area contributed by atoms with Gasteiger partial charge in [-0.05, 0) is 12.1 Å². The molecule has 0 bridgehead atoms. The van der Waals surface area contributed by atoms with Crippen LogP contribution in [0.2, 0.25) is 0 Å². The van der Waals surface area contributed by atoms with Gasteiger partial charge >= 0.3 is 5.24 Å². The predicted octanol–water partition coefficient (Wildman–Crippen LogP) is 1.89. The smallest absolute Gasteiger partial charge is 0.358 e. The van der Waals surface area contributed by atoms with E-state index >= 15 is 0 Å². The highest BCUT2D eigenvalue weighted by Gasteiger charge is 2.15. The van der Waals surface area contributed by atoms with Gasteiger partial charge in [0.15, 0.2) is 0 Å². The molecular weight excluding hydrogens is 188 g/mol. The molecule has 0 saturated heterocycles. The number of hydrogen-bond donors (Lipinski definition) is 0. The number of fused-ring (bicyclic) bond motifs is 1. The van der Waals surface area contributed by atoms with Crippen LogP contribution in [0.25, 0.3) is 0 Å². The van der Waals surface area contributed by atoms with Gasteiger partial charge in [0.1, 0.15) is 18.1 Å². The molecule has 0 aliphatic carbocycles. The molecule has 3 nitrogen and oxygen atoms in total. The zero-order chi connectivity index (χ0) is 9.26. The summed E-state index contributed by atoms with van der Waals surface area (Å²) in [7, 11) is 1.61. The van der Waals surface area contributed by atoms with Crippen molar-refractivity contribution in [2.45, 2.75) is 6.61 Å². The summed E-state index contributed by atoms with van der Waals surface area (Å²) in [4.78, 5) is 0. The predicted molar refractivity (Wildman–Crippen MR) is 51.0 cm³/mol. The second-order valence-corrected chi connectivity index (χ2v) is 2.95. The van der Waals surface area contributed by atoms with Crippen LogP contribution >= 0.6 is 12.2 Å². The van der Waals surface area contributed by atoms with Crippen molar-refractivity contribution in [3.63, 3.8) is 0 Å². The number of ether oxygens (including phenoxy) is 3. The van der Waals surface area contributed by atoms with E-state index in [1.165, 1.54) is 0 Å². The number of methoxy groups -OCH3 is 1. The van der Waals surface area contributed by atoms with Crippen LogP contribution < -0.4 is 9.47 Å². The molecule has 1 aromatic rings. The molecule has 0 fully saturated rings. The highest BCUT2D eigenvalue weighted by molar-refractivity contribution is 7.79. The summed E-state index contributed by atoms with van der Waals surface area (Å²) >= 11 is 4.78. The third-order valence-corrected chi connectivity index (χ3v) is 2.01. The van der Waals surface area contributed by atoms with Gasteiger partial charge in [0, 0.05) is 23.8 Å². The van der Waals surface area contributed by atoms with E-state index in [0.717, 1.165) is 17.1 Å². The zero-order valence-corrected chi connectivity index (χ0v) is 7.89. The average Bonchev–Trinajstić information content (AvgIpc) is 2.16. The Morgan fingerprint density at radius 1 is 1.46 bits per heavy atom. The minimum absolute atomic E-state index is 0.167. The van der Waals surface area contributed by atoms with Crippen LogP contribution in [0.15, 0.2) is 18.2 Å². The number of rotatable bonds is 1. The van der Waals surface area contributed by atoms with Crippen molar-refractivity contribution in [3.05, 3.63) is 23.8 Å². The third-order valence-electron chi connectivity index (χ3n) is 1.81. The van der Waals surface area contributed by atoms with Crippen molar-refractivity contribution in [1.82, 2.24) is 0 Å². The fraction of sp³-hybridized carbons (Fsp3) is 0.222. The molecule has 0 unspecified atom stereocenters. The molecule has 0 radical (unpaired) electrons. The first-order valence-electron chi connectivity index (χ1n) is 3.81. The SMILES string of the molecule is COc1ccc2c(c1)OC(=S)OC2. The second-order valence-electron chi connectivity index (χ2n) is 2.61. The first-order chi connectivity index (χ1) is 6.29. The normalized spacial score (nSPS) is 14.1. The first kappa shape index (κ1) is 8.31. The fourth-order valence-corrected chi connectivity index (χ4v) is 1.28. The van der Waals surface area contributed by atoms with Gasteiger partial charge in [0.25, 0.3) is 0 Å². The fourth-order valence-electron chi connectivity index (χ4n) is 1.13. The number of thiocarbonyl (C=S) groups is 1. The maximum absolute atomic E-state index is 5.20. The highest BCUT2D eigenvalue weighted by Crippen LogP contribution is 2.28. The Balaban J connectivity index is 2.38. The lowest BCUT2D eigenvalue weighted by Gasteiger charge is -2.18. The molecule has 0 aromatic heterocycles. The van der Waals surface area contributed by atoms with Gasteiger partial charge < -0.3 is 14.2 Å². The molecule has 1 aliphatic heterocycles. The van der Waals surface area contributed by atoms with E-state index in [1.807, 2.05) is 12.1 Å². The van der Waals surface area contributed by atoms with E-state index < -0.39 is 0 Å². The highest BCUT2D eigenvalue weighted by atomic mass is 32.1. The van der Waals surface area contributed by atoms with Crippen molar-refractivity contribution >= 4 is 17.5 Å². The van der Waals surface area contributed by atoms with Crippen LogP contribution in [0.1, 0.15) is 5.56 Å². The van der Waals surface area contributed by atoms with Gasteiger partial charge in [0.05, 0.1) is 7.11 Å². The number of hydrogen-bond acceptors (Lipinski definition) is 4. The van der Waals surface area contributed by atoms with Gasteiger partial charge in [-0.15, -0.1) is 0 Å². The lowest BCUT2D eigenvalue weighted by atomic mass is 10.2. The summed E-state index contributed by atoms with van der Waals surface area (Å²) in [6, 6.07) is 5.56. The molecule has 1 aromatic carbocycles. The summed E-state index contributed by atoms with van der Waals surface area (Å²) in [5.74, 6) is 1.47. The lowest BCUT2D eigenvalue weighted by Crippen LogP contribution is -2.16. The molecule has 0 saturated carbocycles. The Kier molecular flexibility index (Phi) is 2.06. The summed E-state index contributed by atoms with van der Waals surface area (Å²) in [5, 5.41) is 0.167. The molecule has 1 aliphatic rings. The van der Waals surface area contributed by atoms with Crippen molar-refractivity contribution < 1.29 is 14.2 Å². The molecule has 4 heteroatoms. The van der Waals surface area contributed by atoms with Gasteiger partial charge in [-0.3, -0.25) is 0 Å². The van der Waals surface area contributed by atoms with E-state index in [-0.39, 0.29) is 5.24 Å². The van der Waals surface area contributed by atoms with E-state index in [1.54, 1.807) is 13.2 Å². The molecule has 1 heterocycles. The monoisotopic (exact) mass is 196 g/mol. The molecule has 0 amide bonds. The first-order valence-corrected chi connectivity index (χ1v) is 4.22. The topological polar surface area (TPSA) is 27.7 Å². The summed E-state index contributed by atoms with van der Waals surface area (Å²) < 4.78 is 15.3. The largest absolute Gasteiger partial charge is 0.497 e. The van der Waals surface area contributed by atoms with E-state index in [9.17, 15) is 0 Å². The van der Waals surface area contributed by atoms with Gasteiger partial charge in [-0.1, -0.05) is 0 Å². The molecule has 13 heavy (non-hydrogen) atoms. The van der Waals surface area contributed by atoms with Crippen LogP contribution in [0.4, 0.5) is 0 Å². The van der Waals surface area contributed by atoms with Crippen molar-refractivity contribution in [3.8, 4) is 11.5 Å². The molecule has 0 N–H and O–H groups in total. The van der Waals surface area contributed by atoms with Crippen LogP contribution in [0, 0.1) is 0 Å². The quantitative estimate of drug-likeness (QED) is 0.641. The second kappa shape index (κ2) is 3.22. The van der Waals surface area contributed by atoms with E-state index in [0.29, 0.717) is 6.61 Å². The van der Waals surface area contributed by atoms with Crippen LogP contribution in [0.5, 0.6) is 11.5 Å². The standard InChI is InChI=1S/C9H8O3S/c1-10-7-3-2-6-5-11-9(13)12-8(6)4-7/h2-4H,5H2,1H3. The lowest BCUT2D eigenvalue weighted by molar-refractivity contribution is 0.210. The van der Waals surface area contributed by atoms with E-state index in [4.69, 9.17) is 26.4 Å². The number of benzene rings is 1. The summed E-state index contributed by atoms with van der Waals surface area (Å²) in [6.45, 7) is 0.470. The van der Waals surface area contributed by atoms with Crippen molar-refractivity contribution in [2.75, 3.05) is 7.11 Å². The molecule has 68 valence electrons. The maximum Gasteiger partial charge on any atom is 0.358 e. The van der Waals surface area contributed by atoms with Crippen LogP contribution in [-0.4, -0.2) is 12.3 Å². The molecule has 2 rings (SSSR count). The molecule has 0 atom stereocenters. The third kappa shape index (κ3) is 1.58. The van der Waals surface area contributed by atoms with Crippen LogP contribution in [0.3, 0.4) is 0 Å². The Labute approximate surface area is 81.2 Å². The Hall–Kier alpha value is -1.29. The van der Waals surface area contributed by atoms with Crippen molar-refractivity contribution in [2.24, 2.45) is 0 Å². The Bertz CT molecular complexity index is 349. The van der Waals surface area contributed by atoms with Crippen LogP contribution in [-0.2, 0) is 11.3 Å². The van der Waals surface area contributed by atoms with E-state index in [2.05, 4.69) is 0 Å². The maximum atomic E-state index is 5.20. The van der Waals surface area contributed by atoms with Gasteiger partial charge in [-0.25, -0.2) is 0 Å². The average molecular weight is 196 g/mol. The molecular formula is C9H8O3S. The Morgan fingerprint density at radius 2 is 2.31 bits per heavy atom. The Morgan fingerprint density at radius 3 is 3.08 bits per heavy atom. The minimum Gasteiger partial charge on any atom is -0.497 e. The van der Waals surface area contributed by atoms with Gasteiger partial charge in [-0.2, -0.15) is 0 Å². The minimum atomic E-state index is 0.167. The zero-order valence-electron chi connectivity index (χ0n) is 7.07. The summed E-state index contributed by atoms with van der Waals surface area (Å²) in [6.07, 6.45) is 0. The van der Waals surface area contributed by atoms with Crippen molar-refractivity contribution in [1.29, 1.82) is 0 Å². The van der Waals surface area contributed by atoms with Gasteiger partial charge in [0.2, 0.25) is 0 Å².